The number of hydrogen-bond donors (Lipinski definition) is 1. The molecule has 0 aliphatic heterocycles. The van der Waals surface area contributed by atoms with Crippen molar-refractivity contribution in [3.8, 4) is 0 Å². The molecular formula is C8H14O2. The van der Waals surface area contributed by atoms with Gasteiger partial charge in [0.15, 0.2) is 0 Å². The molecule has 0 aromatic rings. The van der Waals surface area contributed by atoms with E-state index in [0.29, 0.717) is 18.6 Å². The summed E-state index contributed by atoms with van der Waals surface area (Å²) in [6.07, 6.45) is 0.962. The molecule has 1 aliphatic carbocycles. The van der Waals surface area contributed by atoms with E-state index < -0.39 is 0 Å². The Labute approximate surface area is 61.2 Å². The molecule has 0 aromatic heterocycles. The topological polar surface area (TPSA) is 37.3 Å². The van der Waals surface area contributed by atoms with Crippen molar-refractivity contribution in [3.05, 3.63) is 0 Å². The second kappa shape index (κ2) is 2.70. The van der Waals surface area contributed by atoms with Crippen molar-refractivity contribution < 1.29 is 9.90 Å². The van der Waals surface area contributed by atoms with Crippen molar-refractivity contribution in [2.45, 2.75) is 32.8 Å². The van der Waals surface area contributed by atoms with Gasteiger partial charge in [-0.1, -0.05) is 13.8 Å². The molecule has 0 aromatic carbocycles. The Balaban J connectivity index is 2.60. The highest BCUT2D eigenvalue weighted by molar-refractivity contribution is 5.81. The number of carbonyl (C=O) groups excluding carboxylic acids is 1. The average Bonchev–Trinajstić information content (AvgIpc) is 1.93. The molecule has 0 spiro atoms. The first-order valence-corrected chi connectivity index (χ1v) is 3.83. The average molecular weight is 142 g/mol. The first kappa shape index (κ1) is 7.73. The number of hydrogen-bond acceptors (Lipinski definition) is 2. The Kier molecular flexibility index (Phi) is 2.09. The number of aliphatic hydroxyl groups is 1. The molecule has 3 atom stereocenters. The standard InChI is InChI=1S/C8H14O2/c1-5-6(2)8(10)4-3-7(5)9/h5-7,9H,3-4H2,1-2H3/t5-,6-,7-/m1/s1. The van der Waals surface area contributed by atoms with E-state index in [1.54, 1.807) is 0 Å². The Bertz CT molecular complexity index is 142. The summed E-state index contributed by atoms with van der Waals surface area (Å²) in [5.74, 6) is 0.516. The summed E-state index contributed by atoms with van der Waals surface area (Å²) in [6, 6.07) is 0. The summed E-state index contributed by atoms with van der Waals surface area (Å²) < 4.78 is 0. The van der Waals surface area contributed by atoms with Crippen LogP contribution in [0.2, 0.25) is 0 Å². The van der Waals surface area contributed by atoms with Crippen LogP contribution in [0.25, 0.3) is 0 Å². The first-order valence-electron chi connectivity index (χ1n) is 3.83. The van der Waals surface area contributed by atoms with Crippen molar-refractivity contribution in [1.82, 2.24) is 0 Å². The molecule has 2 heteroatoms. The molecule has 0 heterocycles. The predicted octanol–water partition coefficient (Wildman–Crippen LogP) is 0.982. The van der Waals surface area contributed by atoms with E-state index >= 15 is 0 Å². The van der Waals surface area contributed by atoms with Crippen LogP contribution in [0.3, 0.4) is 0 Å². The lowest BCUT2D eigenvalue weighted by Crippen LogP contribution is -2.34. The molecule has 1 aliphatic rings. The van der Waals surface area contributed by atoms with Crippen LogP contribution in [-0.4, -0.2) is 17.0 Å². The minimum absolute atomic E-state index is 0.0590. The third-order valence-corrected chi connectivity index (χ3v) is 2.59. The van der Waals surface area contributed by atoms with E-state index in [1.165, 1.54) is 0 Å². The lowest BCUT2D eigenvalue weighted by atomic mass is 9.79. The van der Waals surface area contributed by atoms with Gasteiger partial charge >= 0.3 is 0 Å². The number of rotatable bonds is 0. The van der Waals surface area contributed by atoms with E-state index in [-0.39, 0.29) is 17.9 Å². The Morgan fingerprint density at radius 3 is 2.60 bits per heavy atom. The molecule has 58 valence electrons. The number of carbonyl (C=O) groups is 1. The summed E-state index contributed by atoms with van der Waals surface area (Å²) in [6.45, 7) is 3.84. The van der Waals surface area contributed by atoms with Crippen LogP contribution in [0.5, 0.6) is 0 Å². The van der Waals surface area contributed by atoms with Crippen molar-refractivity contribution in [3.63, 3.8) is 0 Å². The van der Waals surface area contributed by atoms with E-state index in [1.807, 2.05) is 13.8 Å². The Morgan fingerprint density at radius 1 is 1.50 bits per heavy atom. The number of aliphatic hydroxyl groups excluding tert-OH is 1. The third-order valence-electron chi connectivity index (χ3n) is 2.59. The molecule has 1 N–H and O–H groups in total. The van der Waals surface area contributed by atoms with Crippen LogP contribution >= 0.6 is 0 Å². The van der Waals surface area contributed by atoms with Gasteiger partial charge in [-0.3, -0.25) is 4.79 Å². The molecular weight excluding hydrogens is 128 g/mol. The van der Waals surface area contributed by atoms with Gasteiger partial charge in [-0.2, -0.15) is 0 Å². The predicted molar refractivity (Wildman–Crippen MR) is 38.6 cm³/mol. The molecule has 0 bridgehead atoms. The second-order valence-corrected chi connectivity index (χ2v) is 3.22. The van der Waals surface area contributed by atoms with Gasteiger partial charge in [-0.05, 0) is 12.3 Å². The van der Waals surface area contributed by atoms with Crippen molar-refractivity contribution in [2.75, 3.05) is 0 Å². The second-order valence-electron chi connectivity index (χ2n) is 3.22. The first-order chi connectivity index (χ1) is 4.63. The zero-order chi connectivity index (χ0) is 7.72. The van der Waals surface area contributed by atoms with Crippen LogP contribution in [0.4, 0.5) is 0 Å². The van der Waals surface area contributed by atoms with Crippen molar-refractivity contribution in [2.24, 2.45) is 11.8 Å². The largest absolute Gasteiger partial charge is 0.393 e. The van der Waals surface area contributed by atoms with E-state index in [0.717, 1.165) is 0 Å². The maximum absolute atomic E-state index is 11.0. The molecule has 1 fully saturated rings. The lowest BCUT2D eigenvalue weighted by Gasteiger charge is -2.28. The van der Waals surface area contributed by atoms with Gasteiger partial charge in [0.05, 0.1) is 6.10 Å². The summed E-state index contributed by atoms with van der Waals surface area (Å²) in [5, 5.41) is 9.31. The molecule has 0 radical (unpaired) electrons. The monoisotopic (exact) mass is 142 g/mol. The fourth-order valence-electron chi connectivity index (χ4n) is 1.41. The van der Waals surface area contributed by atoms with Gasteiger partial charge in [0, 0.05) is 12.3 Å². The van der Waals surface area contributed by atoms with Gasteiger partial charge in [-0.15, -0.1) is 0 Å². The fourth-order valence-corrected chi connectivity index (χ4v) is 1.41. The maximum atomic E-state index is 11.0. The van der Waals surface area contributed by atoms with E-state index in [2.05, 4.69) is 0 Å². The van der Waals surface area contributed by atoms with Crippen LogP contribution in [0.1, 0.15) is 26.7 Å². The molecule has 0 saturated heterocycles. The van der Waals surface area contributed by atoms with Crippen LogP contribution in [-0.2, 0) is 4.79 Å². The normalized spacial score (nSPS) is 41.9. The third kappa shape index (κ3) is 1.21. The summed E-state index contributed by atoms with van der Waals surface area (Å²) in [5.41, 5.74) is 0. The molecule has 0 amide bonds. The molecule has 1 saturated carbocycles. The van der Waals surface area contributed by atoms with Gasteiger partial charge in [-0.25, -0.2) is 0 Å². The lowest BCUT2D eigenvalue weighted by molar-refractivity contribution is -0.129. The van der Waals surface area contributed by atoms with E-state index in [4.69, 9.17) is 0 Å². The quantitative estimate of drug-likeness (QED) is 0.547. The van der Waals surface area contributed by atoms with Crippen LogP contribution in [0, 0.1) is 11.8 Å². The summed E-state index contributed by atoms with van der Waals surface area (Å²) in [7, 11) is 0. The number of Topliss-reactive ketones (excluding diaryl/α,β-unsaturated/α-hetero) is 1. The minimum Gasteiger partial charge on any atom is -0.393 e. The van der Waals surface area contributed by atoms with Crippen LogP contribution in [0.15, 0.2) is 0 Å². The van der Waals surface area contributed by atoms with Crippen molar-refractivity contribution >= 4 is 5.78 Å². The molecule has 0 unspecified atom stereocenters. The van der Waals surface area contributed by atoms with Crippen LogP contribution < -0.4 is 0 Å². The summed E-state index contributed by atoms with van der Waals surface area (Å²) >= 11 is 0. The highest BCUT2D eigenvalue weighted by Gasteiger charge is 2.30. The van der Waals surface area contributed by atoms with Gasteiger partial charge < -0.3 is 5.11 Å². The molecule has 2 nitrogen and oxygen atoms in total. The Morgan fingerprint density at radius 2 is 2.10 bits per heavy atom. The SMILES string of the molecule is C[C@H]1[C@H](O)CCC(=O)[C@@H]1C. The van der Waals surface area contributed by atoms with Gasteiger partial charge in [0.1, 0.15) is 5.78 Å². The zero-order valence-electron chi connectivity index (χ0n) is 6.50. The fraction of sp³-hybridized carbons (Fsp3) is 0.875. The van der Waals surface area contributed by atoms with Gasteiger partial charge in [0.2, 0.25) is 0 Å². The Hall–Kier alpha value is -0.370. The minimum atomic E-state index is -0.257. The molecule has 1 rings (SSSR count). The summed E-state index contributed by atoms with van der Waals surface area (Å²) in [4.78, 5) is 11.0. The maximum Gasteiger partial charge on any atom is 0.136 e. The highest BCUT2D eigenvalue weighted by Crippen LogP contribution is 2.26. The smallest absolute Gasteiger partial charge is 0.136 e. The highest BCUT2D eigenvalue weighted by atomic mass is 16.3. The van der Waals surface area contributed by atoms with E-state index in [9.17, 15) is 9.90 Å². The van der Waals surface area contributed by atoms with Crippen molar-refractivity contribution in [1.29, 1.82) is 0 Å². The zero-order valence-corrected chi connectivity index (χ0v) is 6.50. The number of ketones is 1. The van der Waals surface area contributed by atoms with Gasteiger partial charge in [0.25, 0.3) is 0 Å². The molecule has 10 heavy (non-hydrogen) atoms.